The fourth-order valence-corrected chi connectivity index (χ4v) is 2.83. The maximum absolute atomic E-state index is 13.5. The molecule has 0 spiro atoms. The van der Waals surface area contributed by atoms with E-state index in [4.69, 9.17) is 0 Å². The largest absolute Gasteiger partial charge is 0.542 e. The van der Waals surface area contributed by atoms with Crippen molar-refractivity contribution in [1.29, 1.82) is 0 Å². The first kappa shape index (κ1) is 15.5. The van der Waals surface area contributed by atoms with Crippen molar-refractivity contribution in [3.63, 3.8) is 0 Å². The quantitative estimate of drug-likeness (QED) is 0.804. The zero-order valence-corrected chi connectivity index (χ0v) is 12.8. The maximum atomic E-state index is 13.5. The molecule has 0 fully saturated rings. The average molecular weight is 290 g/mol. The normalized spacial score (nSPS) is 16.3. The van der Waals surface area contributed by atoms with Crippen molar-refractivity contribution < 1.29 is 14.3 Å². The first-order valence-electron chi connectivity index (χ1n) is 7.39. The topological polar surface area (TPSA) is 43.4 Å². The Morgan fingerprint density at radius 3 is 2.67 bits per heavy atom. The Morgan fingerprint density at radius 2 is 2.05 bits per heavy atom. The van der Waals surface area contributed by atoms with Gasteiger partial charge in [-0.1, -0.05) is 6.07 Å². The van der Waals surface area contributed by atoms with E-state index < -0.39 is 11.8 Å². The summed E-state index contributed by atoms with van der Waals surface area (Å²) in [4.78, 5) is 13.0. The van der Waals surface area contributed by atoms with Crippen LogP contribution in [0.3, 0.4) is 0 Å². The summed E-state index contributed by atoms with van der Waals surface area (Å²) in [5.74, 6) is -2.95. The smallest absolute Gasteiger partial charge is 0.149 e. The third-order valence-corrected chi connectivity index (χ3v) is 4.05. The SMILES string of the molecule is C/C(=C(\F)C(=O)[O-])c1ccc2c(c1)CCCCN2C(C)C. The molecule has 1 aromatic rings. The van der Waals surface area contributed by atoms with E-state index in [1.165, 1.54) is 12.6 Å². The van der Waals surface area contributed by atoms with Crippen LogP contribution in [-0.2, 0) is 11.2 Å². The Labute approximate surface area is 125 Å². The van der Waals surface area contributed by atoms with Crippen LogP contribution >= 0.6 is 0 Å². The summed E-state index contributed by atoms with van der Waals surface area (Å²) in [6, 6.07) is 6.08. The summed E-state index contributed by atoms with van der Waals surface area (Å²) in [5.41, 5.74) is 3.07. The molecule has 1 aliphatic heterocycles. The number of hydrogen-bond donors (Lipinski definition) is 0. The highest BCUT2D eigenvalue weighted by atomic mass is 19.1. The molecule has 3 nitrogen and oxygen atoms in total. The number of carbonyl (C=O) groups excluding carboxylic acids is 1. The van der Waals surface area contributed by atoms with Gasteiger partial charge in [-0.25, -0.2) is 4.39 Å². The Morgan fingerprint density at radius 1 is 1.33 bits per heavy atom. The van der Waals surface area contributed by atoms with Crippen molar-refractivity contribution in [3.8, 4) is 0 Å². The zero-order chi connectivity index (χ0) is 15.6. The van der Waals surface area contributed by atoms with E-state index in [9.17, 15) is 14.3 Å². The molecule has 0 atom stereocenters. The number of aryl methyl sites for hydroxylation is 1. The Kier molecular flexibility index (Phi) is 4.66. The van der Waals surface area contributed by atoms with Crippen LogP contribution < -0.4 is 10.0 Å². The van der Waals surface area contributed by atoms with Gasteiger partial charge >= 0.3 is 0 Å². The second-order valence-electron chi connectivity index (χ2n) is 5.81. The lowest BCUT2D eigenvalue weighted by Gasteiger charge is -2.29. The van der Waals surface area contributed by atoms with E-state index in [0.29, 0.717) is 11.6 Å². The molecule has 0 amide bonds. The number of carbonyl (C=O) groups is 1. The summed E-state index contributed by atoms with van der Waals surface area (Å²) in [6.45, 7) is 6.81. The highest BCUT2D eigenvalue weighted by molar-refractivity contribution is 5.92. The third-order valence-electron chi connectivity index (χ3n) is 4.05. The van der Waals surface area contributed by atoms with Crippen molar-refractivity contribution in [2.24, 2.45) is 0 Å². The van der Waals surface area contributed by atoms with E-state index in [1.54, 1.807) is 6.07 Å². The van der Waals surface area contributed by atoms with E-state index in [-0.39, 0.29) is 5.57 Å². The number of rotatable bonds is 3. The minimum atomic E-state index is -1.76. The molecule has 1 heterocycles. The average Bonchev–Trinajstić information content (AvgIpc) is 2.66. The molecule has 1 aliphatic rings. The number of anilines is 1. The van der Waals surface area contributed by atoms with Gasteiger partial charge in [0.25, 0.3) is 0 Å². The number of allylic oxidation sites excluding steroid dienone is 1. The standard InChI is InChI=1S/C17H22FNO2/c1-11(2)19-9-5-4-6-14-10-13(7-8-15(14)19)12(3)16(18)17(20)21/h7-8,10-11H,4-6,9H2,1-3H3,(H,20,21)/p-1/b16-12+. The lowest BCUT2D eigenvalue weighted by atomic mass is 9.99. The van der Waals surface area contributed by atoms with Gasteiger partial charge < -0.3 is 14.8 Å². The van der Waals surface area contributed by atoms with Gasteiger partial charge in [-0.3, -0.25) is 0 Å². The molecule has 2 rings (SSSR count). The number of aliphatic carboxylic acids is 1. The van der Waals surface area contributed by atoms with Crippen LogP contribution in [0.2, 0.25) is 0 Å². The van der Waals surface area contributed by atoms with Gasteiger partial charge in [-0.05, 0) is 68.9 Å². The molecule has 0 aliphatic carbocycles. The number of nitrogens with zero attached hydrogens (tertiary/aromatic N) is 1. The molecule has 1 aromatic carbocycles. The zero-order valence-electron chi connectivity index (χ0n) is 12.8. The van der Waals surface area contributed by atoms with Gasteiger partial charge in [0.1, 0.15) is 11.8 Å². The van der Waals surface area contributed by atoms with Gasteiger partial charge in [0.05, 0.1) is 0 Å². The highest BCUT2D eigenvalue weighted by Crippen LogP contribution is 2.31. The van der Waals surface area contributed by atoms with Crippen LogP contribution in [0.4, 0.5) is 10.1 Å². The second kappa shape index (κ2) is 6.29. The molecule has 0 saturated carbocycles. The summed E-state index contributed by atoms with van der Waals surface area (Å²) >= 11 is 0. The Bertz CT molecular complexity index is 578. The van der Waals surface area contributed by atoms with Gasteiger partial charge in [-0.2, -0.15) is 0 Å². The lowest BCUT2D eigenvalue weighted by molar-refractivity contribution is -0.301. The van der Waals surface area contributed by atoms with Crippen molar-refractivity contribution in [3.05, 3.63) is 35.2 Å². The number of benzene rings is 1. The van der Waals surface area contributed by atoms with Gasteiger partial charge in [0.15, 0.2) is 0 Å². The van der Waals surface area contributed by atoms with Crippen LogP contribution in [0.1, 0.15) is 44.7 Å². The van der Waals surface area contributed by atoms with Crippen LogP contribution in [0.25, 0.3) is 5.57 Å². The minimum absolute atomic E-state index is 0.123. The Hall–Kier alpha value is -1.84. The molecule has 0 radical (unpaired) electrons. The monoisotopic (exact) mass is 290 g/mol. The van der Waals surface area contributed by atoms with Crippen LogP contribution in [-0.4, -0.2) is 18.6 Å². The van der Waals surface area contributed by atoms with Crippen LogP contribution in [0.5, 0.6) is 0 Å². The first-order valence-corrected chi connectivity index (χ1v) is 7.39. The van der Waals surface area contributed by atoms with E-state index in [1.807, 2.05) is 12.1 Å². The van der Waals surface area contributed by atoms with Crippen LogP contribution in [0.15, 0.2) is 24.0 Å². The predicted molar refractivity (Wildman–Crippen MR) is 80.6 cm³/mol. The van der Waals surface area contributed by atoms with E-state index >= 15 is 0 Å². The number of halogens is 1. The Balaban J connectivity index is 2.45. The molecule has 0 unspecified atom stereocenters. The number of carboxylic acid groups (broad SMARTS) is 1. The fraction of sp³-hybridized carbons (Fsp3) is 0.471. The first-order chi connectivity index (χ1) is 9.91. The summed E-state index contributed by atoms with van der Waals surface area (Å²) < 4.78 is 13.5. The van der Waals surface area contributed by atoms with Gasteiger partial charge in [-0.15, -0.1) is 0 Å². The summed E-state index contributed by atoms with van der Waals surface area (Å²) in [6.07, 6.45) is 3.16. The van der Waals surface area contributed by atoms with E-state index in [2.05, 4.69) is 18.7 Å². The van der Waals surface area contributed by atoms with E-state index in [0.717, 1.165) is 31.4 Å². The maximum Gasteiger partial charge on any atom is 0.149 e. The lowest BCUT2D eigenvalue weighted by Crippen LogP contribution is -2.31. The molecule has 4 heteroatoms. The summed E-state index contributed by atoms with van der Waals surface area (Å²) in [5, 5.41) is 10.6. The molecular formula is C17H21FNO2-. The highest BCUT2D eigenvalue weighted by Gasteiger charge is 2.18. The predicted octanol–water partition coefficient (Wildman–Crippen LogP) is 2.69. The molecule has 0 N–H and O–H groups in total. The van der Waals surface area contributed by atoms with Crippen molar-refractivity contribution in [2.45, 2.75) is 46.1 Å². The van der Waals surface area contributed by atoms with Crippen molar-refractivity contribution in [2.75, 3.05) is 11.4 Å². The third kappa shape index (κ3) is 3.26. The summed E-state index contributed by atoms with van der Waals surface area (Å²) in [7, 11) is 0. The molecule has 114 valence electrons. The number of hydrogen-bond acceptors (Lipinski definition) is 3. The van der Waals surface area contributed by atoms with Crippen molar-refractivity contribution in [1.82, 2.24) is 0 Å². The van der Waals surface area contributed by atoms with Gasteiger partial charge in [0.2, 0.25) is 0 Å². The second-order valence-corrected chi connectivity index (χ2v) is 5.81. The van der Waals surface area contributed by atoms with Crippen molar-refractivity contribution >= 4 is 17.2 Å². The van der Waals surface area contributed by atoms with Crippen LogP contribution in [0, 0.1) is 0 Å². The molecule has 21 heavy (non-hydrogen) atoms. The fourth-order valence-electron chi connectivity index (χ4n) is 2.83. The van der Waals surface area contributed by atoms with Gasteiger partial charge in [0, 0.05) is 18.3 Å². The number of fused-ring (bicyclic) bond motifs is 1. The molecule has 0 saturated heterocycles. The minimum Gasteiger partial charge on any atom is -0.542 e. The molecule has 0 aromatic heterocycles. The molecule has 0 bridgehead atoms. The number of carboxylic acids is 1. The molecular weight excluding hydrogens is 269 g/mol.